The van der Waals surface area contributed by atoms with Crippen molar-refractivity contribution in [3.05, 3.63) is 59.2 Å². The number of hydrogen-bond donors (Lipinski definition) is 2. The van der Waals surface area contributed by atoms with Crippen molar-refractivity contribution in [3.8, 4) is 5.75 Å². The van der Waals surface area contributed by atoms with Crippen LogP contribution >= 0.6 is 12.4 Å². The van der Waals surface area contributed by atoms with Gasteiger partial charge in [-0.3, -0.25) is 0 Å². The van der Waals surface area contributed by atoms with Gasteiger partial charge in [0.1, 0.15) is 5.75 Å². The second-order valence-corrected chi connectivity index (χ2v) is 8.31. The highest BCUT2D eigenvalue weighted by molar-refractivity contribution is 7.89. The van der Waals surface area contributed by atoms with Crippen LogP contribution in [0.15, 0.2) is 41.3 Å². The third-order valence-corrected chi connectivity index (χ3v) is 6.48. The number of sulfonamides is 1. The first-order valence-electron chi connectivity index (χ1n) is 8.64. The maximum Gasteiger partial charge on any atom is 0.241 e. The Morgan fingerprint density at radius 1 is 1.14 bits per heavy atom. The molecule has 0 spiro atoms. The van der Waals surface area contributed by atoms with E-state index in [0.717, 1.165) is 12.1 Å². The van der Waals surface area contributed by atoms with Gasteiger partial charge in [-0.1, -0.05) is 6.07 Å². The molecule has 0 amide bonds. The normalized spacial score (nSPS) is 19.7. The fourth-order valence-corrected chi connectivity index (χ4v) is 4.94. The van der Waals surface area contributed by atoms with Crippen molar-refractivity contribution in [3.63, 3.8) is 0 Å². The summed E-state index contributed by atoms with van der Waals surface area (Å²) in [6.07, 6.45) is 0.611. The van der Waals surface area contributed by atoms with Crippen LogP contribution in [-0.4, -0.2) is 34.7 Å². The van der Waals surface area contributed by atoms with E-state index in [2.05, 4.69) is 10.0 Å². The Labute approximate surface area is 169 Å². The second kappa shape index (κ2) is 9.17. The molecular formula is C19H23ClF2N2O3S. The molecule has 0 radical (unpaired) electrons. The van der Waals surface area contributed by atoms with E-state index in [9.17, 15) is 17.2 Å². The van der Waals surface area contributed by atoms with Crippen molar-refractivity contribution >= 4 is 22.4 Å². The fourth-order valence-electron chi connectivity index (χ4n) is 3.44. The molecular weight excluding hydrogens is 410 g/mol. The second-order valence-electron chi connectivity index (χ2n) is 6.63. The van der Waals surface area contributed by atoms with E-state index in [4.69, 9.17) is 4.74 Å². The molecule has 0 aliphatic carbocycles. The summed E-state index contributed by atoms with van der Waals surface area (Å²) >= 11 is 0. The van der Waals surface area contributed by atoms with Crippen LogP contribution < -0.4 is 14.8 Å². The van der Waals surface area contributed by atoms with Crippen molar-refractivity contribution in [2.24, 2.45) is 0 Å². The standard InChI is InChI=1S/C19H22F2N2O3S.ClH/c1-12-9-14(26-2)4-6-19(12)27(24,25)23-18-11-22-8-7-15(18)13-3-5-16(20)17(21)10-13;/h3-6,9-10,15,18,22-23H,7-8,11H2,1-2H3;1H. The summed E-state index contributed by atoms with van der Waals surface area (Å²) in [4.78, 5) is 0.165. The predicted molar refractivity (Wildman–Crippen MR) is 106 cm³/mol. The Balaban J connectivity index is 0.00000280. The number of nitrogens with one attached hydrogen (secondary N) is 2. The van der Waals surface area contributed by atoms with Gasteiger partial charge in [0.15, 0.2) is 11.6 Å². The molecule has 1 heterocycles. The van der Waals surface area contributed by atoms with Crippen LogP contribution in [0.5, 0.6) is 5.75 Å². The molecule has 0 aromatic heterocycles. The SMILES string of the molecule is COc1ccc(S(=O)(=O)NC2CNCCC2c2ccc(F)c(F)c2)c(C)c1.Cl. The molecule has 1 aliphatic heterocycles. The van der Waals surface area contributed by atoms with Crippen LogP contribution in [-0.2, 0) is 10.0 Å². The van der Waals surface area contributed by atoms with E-state index < -0.39 is 27.7 Å². The average molecular weight is 433 g/mol. The summed E-state index contributed by atoms with van der Waals surface area (Å²) in [5.41, 5.74) is 1.14. The van der Waals surface area contributed by atoms with Crippen LogP contribution in [0.25, 0.3) is 0 Å². The highest BCUT2D eigenvalue weighted by Gasteiger charge is 2.31. The molecule has 154 valence electrons. The van der Waals surface area contributed by atoms with Gasteiger partial charge in [0.05, 0.1) is 12.0 Å². The van der Waals surface area contributed by atoms with Crippen LogP contribution in [0.2, 0.25) is 0 Å². The lowest BCUT2D eigenvalue weighted by molar-refractivity contribution is 0.376. The summed E-state index contributed by atoms with van der Waals surface area (Å²) in [7, 11) is -2.27. The third kappa shape index (κ3) is 4.81. The van der Waals surface area contributed by atoms with Crippen LogP contribution in [0.1, 0.15) is 23.5 Å². The summed E-state index contributed by atoms with van der Waals surface area (Å²) in [6, 6.07) is 7.99. The lowest BCUT2D eigenvalue weighted by Gasteiger charge is -2.33. The maximum atomic E-state index is 13.6. The van der Waals surface area contributed by atoms with Gasteiger partial charge < -0.3 is 10.1 Å². The number of benzene rings is 2. The summed E-state index contributed by atoms with van der Waals surface area (Å²) in [5, 5.41) is 3.15. The Morgan fingerprint density at radius 3 is 2.54 bits per heavy atom. The molecule has 2 aromatic carbocycles. The first-order chi connectivity index (χ1) is 12.8. The Morgan fingerprint density at radius 2 is 1.89 bits per heavy atom. The molecule has 2 N–H and O–H groups in total. The fraction of sp³-hybridized carbons (Fsp3) is 0.368. The van der Waals surface area contributed by atoms with Crippen molar-refractivity contribution < 1.29 is 21.9 Å². The van der Waals surface area contributed by atoms with Gasteiger partial charge in [-0.2, -0.15) is 0 Å². The molecule has 1 fully saturated rings. The summed E-state index contributed by atoms with van der Waals surface area (Å²) in [6.45, 7) is 2.77. The maximum absolute atomic E-state index is 13.6. The highest BCUT2D eigenvalue weighted by atomic mass is 35.5. The zero-order valence-corrected chi connectivity index (χ0v) is 17.2. The number of methoxy groups -OCH3 is 1. The first kappa shape index (κ1) is 22.5. The molecule has 2 unspecified atom stereocenters. The topological polar surface area (TPSA) is 67.4 Å². The van der Waals surface area contributed by atoms with E-state index in [1.165, 1.54) is 19.2 Å². The van der Waals surface area contributed by atoms with Gasteiger partial charge in [0.25, 0.3) is 0 Å². The van der Waals surface area contributed by atoms with Crippen LogP contribution in [0.3, 0.4) is 0 Å². The lowest BCUT2D eigenvalue weighted by atomic mass is 9.86. The lowest BCUT2D eigenvalue weighted by Crippen LogP contribution is -2.50. The zero-order chi connectivity index (χ0) is 19.6. The van der Waals surface area contributed by atoms with E-state index in [1.54, 1.807) is 19.1 Å². The van der Waals surface area contributed by atoms with Gasteiger partial charge in [-0.25, -0.2) is 21.9 Å². The highest BCUT2D eigenvalue weighted by Crippen LogP contribution is 2.29. The molecule has 1 saturated heterocycles. The van der Waals surface area contributed by atoms with Crippen molar-refractivity contribution in [2.45, 2.75) is 30.2 Å². The number of aryl methyl sites for hydroxylation is 1. The molecule has 0 bridgehead atoms. The van der Waals surface area contributed by atoms with Crippen LogP contribution in [0.4, 0.5) is 8.78 Å². The Kier molecular flexibility index (Phi) is 7.39. The van der Waals surface area contributed by atoms with Crippen molar-refractivity contribution in [1.82, 2.24) is 10.0 Å². The Hall–Kier alpha value is -1.74. The minimum atomic E-state index is -3.79. The van der Waals surface area contributed by atoms with Gasteiger partial charge in [0, 0.05) is 18.5 Å². The molecule has 0 saturated carbocycles. The van der Waals surface area contributed by atoms with Crippen molar-refractivity contribution in [2.75, 3.05) is 20.2 Å². The third-order valence-electron chi connectivity index (χ3n) is 4.83. The quantitative estimate of drug-likeness (QED) is 0.761. The van der Waals surface area contributed by atoms with Crippen molar-refractivity contribution in [1.29, 1.82) is 0 Å². The van der Waals surface area contributed by atoms with E-state index in [1.807, 2.05) is 0 Å². The first-order valence-corrected chi connectivity index (χ1v) is 10.1. The smallest absolute Gasteiger partial charge is 0.241 e. The molecule has 3 rings (SSSR count). The minimum Gasteiger partial charge on any atom is -0.497 e. The van der Waals surface area contributed by atoms with Crippen LogP contribution in [0, 0.1) is 18.6 Å². The molecule has 5 nitrogen and oxygen atoms in total. The molecule has 2 atom stereocenters. The monoisotopic (exact) mass is 432 g/mol. The van der Waals surface area contributed by atoms with Gasteiger partial charge in [0.2, 0.25) is 10.0 Å². The largest absolute Gasteiger partial charge is 0.497 e. The number of piperidine rings is 1. The predicted octanol–water partition coefficient (Wildman–Crippen LogP) is 3.13. The number of hydrogen-bond acceptors (Lipinski definition) is 4. The number of rotatable bonds is 5. The molecule has 28 heavy (non-hydrogen) atoms. The van der Waals surface area contributed by atoms with Gasteiger partial charge in [-0.05, 0) is 61.3 Å². The zero-order valence-electron chi connectivity index (χ0n) is 15.5. The summed E-state index contributed by atoms with van der Waals surface area (Å²) < 4.78 is 60.6. The molecule has 1 aliphatic rings. The minimum absolute atomic E-state index is 0. The number of ether oxygens (including phenoxy) is 1. The molecule has 2 aromatic rings. The summed E-state index contributed by atoms with van der Waals surface area (Å²) in [5.74, 6) is -1.53. The van der Waals surface area contributed by atoms with E-state index >= 15 is 0 Å². The average Bonchev–Trinajstić information content (AvgIpc) is 2.64. The van der Waals surface area contributed by atoms with E-state index in [0.29, 0.717) is 36.4 Å². The van der Waals surface area contributed by atoms with E-state index in [-0.39, 0.29) is 23.2 Å². The number of halogens is 3. The Bertz CT molecular complexity index is 941. The molecule has 9 heteroatoms. The van der Waals surface area contributed by atoms with Gasteiger partial charge in [-0.15, -0.1) is 12.4 Å². The van der Waals surface area contributed by atoms with Gasteiger partial charge >= 0.3 is 0 Å².